The number of aromatic nitrogens is 2. The number of carbonyl (C=O) groups is 2. The minimum absolute atomic E-state index is 0.217. The number of nitrogens with zero attached hydrogens (tertiary/aromatic N) is 3. The molecule has 2 N–H and O–H groups in total. The number of carbonyl (C=O) groups excluding carboxylic acids is 2. The van der Waals surface area contributed by atoms with Crippen molar-refractivity contribution >= 4 is 17.6 Å². The number of hydrogen-bond donors (Lipinski definition) is 1. The molecule has 0 fully saturated rings. The van der Waals surface area contributed by atoms with E-state index in [4.69, 9.17) is 5.73 Å². The van der Waals surface area contributed by atoms with Gasteiger partial charge in [-0.25, -0.2) is 4.90 Å². The van der Waals surface area contributed by atoms with E-state index in [0.29, 0.717) is 22.5 Å². The first kappa shape index (κ1) is 13.5. The van der Waals surface area contributed by atoms with E-state index >= 15 is 0 Å². The molecule has 0 spiro atoms. The van der Waals surface area contributed by atoms with Gasteiger partial charge in [0.25, 0.3) is 11.8 Å². The van der Waals surface area contributed by atoms with E-state index in [9.17, 15) is 9.59 Å². The quantitative estimate of drug-likeness (QED) is 0.843. The van der Waals surface area contributed by atoms with Crippen molar-refractivity contribution in [2.45, 2.75) is 20.4 Å². The topological polar surface area (TPSA) is 81.2 Å². The summed E-state index contributed by atoms with van der Waals surface area (Å²) in [5.74, 6) is -0.334. The number of imide groups is 1. The molecule has 0 saturated carbocycles. The maximum absolute atomic E-state index is 12.7. The van der Waals surface area contributed by atoms with Crippen LogP contribution in [-0.2, 0) is 13.6 Å². The van der Waals surface area contributed by atoms with Crippen LogP contribution in [0.3, 0.4) is 0 Å². The van der Waals surface area contributed by atoms with Crippen molar-refractivity contribution in [1.82, 2.24) is 9.78 Å². The summed E-state index contributed by atoms with van der Waals surface area (Å²) in [5.41, 5.74) is 8.87. The zero-order valence-corrected chi connectivity index (χ0v) is 12.2. The van der Waals surface area contributed by atoms with Crippen molar-refractivity contribution in [1.29, 1.82) is 0 Å². The van der Waals surface area contributed by atoms with Gasteiger partial charge < -0.3 is 5.73 Å². The Morgan fingerprint density at radius 1 is 1.10 bits per heavy atom. The van der Waals surface area contributed by atoms with Gasteiger partial charge in [0.15, 0.2) is 5.82 Å². The summed E-state index contributed by atoms with van der Waals surface area (Å²) in [5, 5.41) is 4.23. The molecule has 6 heteroatoms. The predicted molar refractivity (Wildman–Crippen MR) is 78.2 cm³/mol. The monoisotopic (exact) mass is 284 g/mol. The van der Waals surface area contributed by atoms with Crippen molar-refractivity contribution in [3.05, 3.63) is 46.1 Å². The van der Waals surface area contributed by atoms with Crippen molar-refractivity contribution in [2.24, 2.45) is 12.8 Å². The Balaban J connectivity index is 2.20. The van der Waals surface area contributed by atoms with Gasteiger partial charge in [0.2, 0.25) is 0 Å². The minimum atomic E-state index is -0.329. The van der Waals surface area contributed by atoms with E-state index in [2.05, 4.69) is 5.10 Å². The lowest BCUT2D eigenvalue weighted by Crippen LogP contribution is -2.31. The first-order valence-corrected chi connectivity index (χ1v) is 6.67. The Hall–Kier alpha value is -2.47. The average Bonchev–Trinajstić information content (AvgIpc) is 2.93. The molecule has 0 unspecified atom stereocenters. The molecule has 2 aromatic rings. The number of anilines is 1. The number of rotatable bonds is 2. The molecule has 1 aliphatic heterocycles. The lowest BCUT2D eigenvalue weighted by molar-refractivity contribution is 0.0924. The Labute approximate surface area is 122 Å². The van der Waals surface area contributed by atoms with Gasteiger partial charge in [-0.05, 0) is 25.0 Å². The summed E-state index contributed by atoms with van der Waals surface area (Å²) in [7, 11) is 1.73. The number of hydrogen-bond acceptors (Lipinski definition) is 4. The van der Waals surface area contributed by atoms with Crippen LogP contribution in [0.4, 0.5) is 5.82 Å². The van der Waals surface area contributed by atoms with E-state index in [1.807, 2.05) is 26.0 Å². The summed E-state index contributed by atoms with van der Waals surface area (Å²) in [6.07, 6.45) is 1.72. The van der Waals surface area contributed by atoms with Crippen molar-refractivity contribution in [2.75, 3.05) is 4.90 Å². The van der Waals surface area contributed by atoms with Crippen LogP contribution >= 0.6 is 0 Å². The second-order valence-electron chi connectivity index (χ2n) is 5.25. The average molecular weight is 284 g/mol. The molecule has 0 bridgehead atoms. The molecule has 108 valence electrons. The second kappa shape index (κ2) is 4.53. The summed E-state index contributed by atoms with van der Waals surface area (Å²) in [6, 6.07) is 3.70. The van der Waals surface area contributed by atoms with Crippen LogP contribution in [0.25, 0.3) is 0 Å². The molecule has 0 atom stereocenters. The zero-order chi connectivity index (χ0) is 15.3. The molecular formula is C15H16N4O2. The van der Waals surface area contributed by atoms with Gasteiger partial charge in [-0.1, -0.05) is 12.1 Å². The van der Waals surface area contributed by atoms with Gasteiger partial charge in [0.05, 0.1) is 11.1 Å². The molecule has 3 rings (SSSR count). The van der Waals surface area contributed by atoms with E-state index < -0.39 is 0 Å². The fourth-order valence-corrected chi connectivity index (χ4v) is 2.73. The first-order chi connectivity index (χ1) is 9.95. The number of amides is 2. The molecule has 2 heterocycles. The van der Waals surface area contributed by atoms with Gasteiger partial charge in [0.1, 0.15) is 0 Å². The second-order valence-corrected chi connectivity index (χ2v) is 5.25. The maximum Gasteiger partial charge on any atom is 0.267 e. The van der Waals surface area contributed by atoms with Crippen LogP contribution in [0.1, 0.15) is 37.4 Å². The van der Waals surface area contributed by atoms with Crippen LogP contribution in [-0.4, -0.2) is 21.6 Å². The van der Waals surface area contributed by atoms with Crippen LogP contribution in [0, 0.1) is 13.8 Å². The van der Waals surface area contributed by atoms with Crippen molar-refractivity contribution in [3.8, 4) is 0 Å². The fourth-order valence-electron chi connectivity index (χ4n) is 2.73. The van der Waals surface area contributed by atoms with Crippen LogP contribution in [0.5, 0.6) is 0 Å². The highest BCUT2D eigenvalue weighted by molar-refractivity contribution is 6.35. The standard InChI is InChI=1S/C15H16N4O2/c1-8-4-5-9(2)12-11(8)14(20)19(15(12)21)13-10(6-16)7-18(3)17-13/h4-5,7H,6,16H2,1-3H3. The van der Waals surface area contributed by atoms with Gasteiger partial charge >= 0.3 is 0 Å². The lowest BCUT2D eigenvalue weighted by Gasteiger charge is -2.12. The van der Waals surface area contributed by atoms with E-state index in [1.165, 1.54) is 0 Å². The summed E-state index contributed by atoms with van der Waals surface area (Å²) < 4.78 is 1.56. The third kappa shape index (κ3) is 1.80. The fraction of sp³-hybridized carbons (Fsp3) is 0.267. The summed E-state index contributed by atoms with van der Waals surface area (Å²) in [6.45, 7) is 3.87. The SMILES string of the molecule is Cc1ccc(C)c2c1C(=O)N(c1nn(C)cc1CN)C2=O. The van der Waals surface area contributed by atoms with Gasteiger partial charge in [-0.15, -0.1) is 0 Å². The molecule has 0 radical (unpaired) electrons. The highest BCUT2D eigenvalue weighted by Gasteiger charge is 2.41. The molecular weight excluding hydrogens is 268 g/mol. The van der Waals surface area contributed by atoms with Gasteiger partial charge in [-0.3, -0.25) is 14.3 Å². The first-order valence-electron chi connectivity index (χ1n) is 6.67. The van der Waals surface area contributed by atoms with E-state index in [0.717, 1.165) is 16.0 Å². The highest BCUT2D eigenvalue weighted by Crippen LogP contribution is 2.32. The Morgan fingerprint density at radius 3 is 2.10 bits per heavy atom. The summed E-state index contributed by atoms with van der Waals surface area (Å²) >= 11 is 0. The number of benzene rings is 1. The number of nitrogens with two attached hydrogens (primary N) is 1. The van der Waals surface area contributed by atoms with Crippen molar-refractivity contribution < 1.29 is 9.59 Å². The van der Waals surface area contributed by atoms with Crippen molar-refractivity contribution in [3.63, 3.8) is 0 Å². The Bertz CT molecular complexity index is 735. The molecule has 6 nitrogen and oxygen atoms in total. The Morgan fingerprint density at radius 2 is 1.62 bits per heavy atom. The van der Waals surface area contributed by atoms with Crippen LogP contribution < -0.4 is 10.6 Å². The molecule has 1 aromatic carbocycles. The minimum Gasteiger partial charge on any atom is -0.326 e. The summed E-state index contributed by atoms with van der Waals surface area (Å²) in [4.78, 5) is 26.5. The normalized spacial score (nSPS) is 14.0. The lowest BCUT2D eigenvalue weighted by atomic mass is 9.99. The largest absolute Gasteiger partial charge is 0.326 e. The highest BCUT2D eigenvalue weighted by atomic mass is 16.2. The van der Waals surface area contributed by atoms with E-state index in [-0.39, 0.29) is 18.4 Å². The third-order valence-electron chi connectivity index (χ3n) is 3.77. The van der Waals surface area contributed by atoms with E-state index in [1.54, 1.807) is 17.9 Å². The molecule has 1 aliphatic rings. The number of fused-ring (bicyclic) bond motifs is 1. The molecule has 21 heavy (non-hydrogen) atoms. The zero-order valence-electron chi connectivity index (χ0n) is 12.2. The third-order valence-corrected chi connectivity index (χ3v) is 3.77. The van der Waals surface area contributed by atoms with Crippen LogP contribution in [0.15, 0.2) is 18.3 Å². The maximum atomic E-state index is 12.7. The molecule has 0 aliphatic carbocycles. The smallest absolute Gasteiger partial charge is 0.267 e. The molecule has 1 aromatic heterocycles. The predicted octanol–water partition coefficient (Wildman–Crippen LogP) is 1.30. The van der Waals surface area contributed by atoms with Gasteiger partial charge in [0, 0.05) is 25.4 Å². The van der Waals surface area contributed by atoms with Crippen LogP contribution in [0.2, 0.25) is 0 Å². The molecule has 0 saturated heterocycles. The molecule has 2 amide bonds. The number of aryl methyl sites for hydroxylation is 3. The Kier molecular flexibility index (Phi) is 2.91. The van der Waals surface area contributed by atoms with Gasteiger partial charge in [-0.2, -0.15) is 5.10 Å².